The number of benzene rings is 1. The molecule has 19 heavy (non-hydrogen) atoms. The third kappa shape index (κ3) is 2.97. The molecular weight excluding hydrogens is 236 g/mol. The Bertz CT molecular complexity index is 535. The van der Waals surface area contributed by atoms with Crippen LogP contribution in [-0.4, -0.2) is 30.4 Å². The minimum Gasteiger partial charge on any atom is -0.339 e. The Labute approximate surface area is 114 Å². The zero-order chi connectivity index (χ0) is 13.8. The molecule has 1 saturated carbocycles. The van der Waals surface area contributed by atoms with Gasteiger partial charge in [-0.15, -0.1) is 0 Å². The van der Waals surface area contributed by atoms with Gasteiger partial charge in [-0.05, 0) is 43.9 Å². The summed E-state index contributed by atoms with van der Waals surface area (Å²) < 4.78 is 0. The molecule has 100 valence electrons. The highest BCUT2D eigenvalue weighted by atomic mass is 16.2. The Hall–Kier alpha value is -1.79. The van der Waals surface area contributed by atoms with Crippen LogP contribution in [0.3, 0.4) is 0 Å². The lowest BCUT2D eigenvalue weighted by Crippen LogP contribution is -2.41. The molecular formula is C16H20N2O. The minimum atomic E-state index is 0.0611. The van der Waals surface area contributed by atoms with Crippen molar-refractivity contribution in [2.24, 2.45) is 5.73 Å². The van der Waals surface area contributed by atoms with E-state index in [1.54, 1.807) is 0 Å². The lowest BCUT2D eigenvalue weighted by Gasteiger charge is -2.35. The third-order valence-corrected chi connectivity index (χ3v) is 3.67. The first kappa shape index (κ1) is 13.6. The monoisotopic (exact) mass is 256 g/mol. The van der Waals surface area contributed by atoms with Crippen LogP contribution in [0.1, 0.15) is 40.7 Å². The molecule has 1 aliphatic carbocycles. The molecule has 2 rings (SSSR count). The molecule has 0 atom stereocenters. The van der Waals surface area contributed by atoms with E-state index in [9.17, 15) is 4.79 Å². The largest absolute Gasteiger partial charge is 0.339 e. The molecule has 3 nitrogen and oxygen atoms in total. The van der Waals surface area contributed by atoms with Gasteiger partial charge in [0.05, 0.1) is 12.1 Å². The van der Waals surface area contributed by atoms with Gasteiger partial charge in [-0.3, -0.25) is 4.79 Å². The van der Waals surface area contributed by atoms with Gasteiger partial charge in [0.15, 0.2) is 0 Å². The molecule has 0 unspecified atom stereocenters. The molecule has 0 aliphatic heterocycles. The normalized spacial score (nSPS) is 14.3. The summed E-state index contributed by atoms with van der Waals surface area (Å²) in [7, 11) is 1.88. The minimum absolute atomic E-state index is 0.0611. The van der Waals surface area contributed by atoms with Gasteiger partial charge in [0.1, 0.15) is 0 Å². The van der Waals surface area contributed by atoms with Crippen LogP contribution in [0.5, 0.6) is 0 Å². The SMILES string of the molecule is Cc1ccc(C(=O)N(C)C2CCC2)c(C#CCN)c1. The average Bonchev–Trinajstić information content (AvgIpc) is 2.33. The quantitative estimate of drug-likeness (QED) is 0.822. The Kier molecular flexibility index (Phi) is 4.24. The number of carbonyl (C=O) groups excluding carboxylic acids is 1. The number of nitrogens with zero attached hydrogens (tertiary/aromatic N) is 1. The molecule has 1 fully saturated rings. The van der Waals surface area contributed by atoms with E-state index in [0.29, 0.717) is 18.2 Å². The number of amides is 1. The van der Waals surface area contributed by atoms with E-state index >= 15 is 0 Å². The van der Waals surface area contributed by atoms with E-state index in [1.165, 1.54) is 6.42 Å². The predicted molar refractivity (Wildman–Crippen MR) is 76.8 cm³/mol. The summed E-state index contributed by atoms with van der Waals surface area (Å²) in [5, 5.41) is 0. The van der Waals surface area contributed by atoms with Crippen LogP contribution >= 0.6 is 0 Å². The van der Waals surface area contributed by atoms with Gasteiger partial charge in [0, 0.05) is 18.7 Å². The van der Waals surface area contributed by atoms with E-state index in [1.807, 2.05) is 37.1 Å². The smallest absolute Gasteiger partial charge is 0.255 e. The summed E-state index contributed by atoms with van der Waals surface area (Å²) in [6.07, 6.45) is 3.44. The second kappa shape index (κ2) is 5.90. The fourth-order valence-corrected chi connectivity index (χ4v) is 2.22. The lowest BCUT2D eigenvalue weighted by atomic mass is 9.91. The molecule has 3 heteroatoms. The first-order valence-corrected chi connectivity index (χ1v) is 6.70. The Morgan fingerprint density at radius 2 is 2.21 bits per heavy atom. The van der Waals surface area contributed by atoms with Gasteiger partial charge >= 0.3 is 0 Å². The maximum Gasteiger partial charge on any atom is 0.255 e. The van der Waals surface area contributed by atoms with Gasteiger partial charge in [0.2, 0.25) is 0 Å². The van der Waals surface area contributed by atoms with Crippen LogP contribution in [0, 0.1) is 18.8 Å². The zero-order valence-corrected chi connectivity index (χ0v) is 11.6. The summed E-state index contributed by atoms with van der Waals surface area (Å²) in [5.41, 5.74) is 7.97. The molecule has 1 amide bonds. The fourth-order valence-electron chi connectivity index (χ4n) is 2.22. The number of nitrogens with two attached hydrogens (primary N) is 1. The number of aryl methyl sites for hydroxylation is 1. The summed E-state index contributed by atoms with van der Waals surface area (Å²) in [6, 6.07) is 6.16. The van der Waals surface area contributed by atoms with Crippen molar-refractivity contribution in [2.75, 3.05) is 13.6 Å². The van der Waals surface area contributed by atoms with Gasteiger partial charge in [-0.25, -0.2) is 0 Å². The van der Waals surface area contributed by atoms with Crippen LogP contribution < -0.4 is 5.73 Å². The van der Waals surface area contributed by atoms with E-state index in [-0.39, 0.29) is 5.91 Å². The van der Waals surface area contributed by atoms with Crippen molar-refractivity contribution in [1.82, 2.24) is 4.90 Å². The molecule has 0 saturated heterocycles. The molecule has 0 heterocycles. The summed E-state index contributed by atoms with van der Waals surface area (Å²) in [6.45, 7) is 2.30. The summed E-state index contributed by atoms with van der Waals surface area (Å²) >= 11 is 0. The zero-order valence-electron chi connectivity index (χ0n) is 11.6. The molecule has 2 N–H and O–H groups in total. The first-order valence-electron chi connectivity index (χ1n) is 6.70. The Balaban J connectivity index is 2.29. The molecule has 0 bridgehead atoms. The van der Waals surface area contributed by atoms with Crippen LogP contribution in [0.2, 0.25) is 0 Å². The number of carbonyl (C=O) groups is 1. The van der Waals surface area contributed by atoms with E-state index in [2.05, 4.69) is 11.8 Å². The Morgan fingerprint density at radius 1 is 1.47 bits per heavy atom. The number of hydrogen-bond donors (Lipinski definition) is 1. The van der Waals surface area contributed by atoms with Gasteiger partial charge < -0.3 is 10.6 Å². The van der Waals surface area contributed by atoms with Gasteiger partial charge in [-0.2, -0.15) is 0 Å². The second-order valence-corrected chi connectivity index (χ2v) is 5.06. The fraction of sp³-hybridized carbons (Fsp3) is 0.438. The van der Waals surface area contributed by atoms with Crippen molar-refractivity contribution in [2.45, 2.75) is 32.2 Å². The number of rotatable bonds is 2. The highest BCUT2D eigenvalue weighted by Gasteiger charge is 2.27. The van der Waals surface area contributed by atoms with E-state index in [0.717, 1.165) is 24.0 Å². The van der Waals surface area contributed by atoms with Crippen molar-refractivity contribution in [3.8, 4) is 11.8 Å². The molecule has 0 aromatic heterocycles. The second-order valence-electron chi connectivity index (χ2n) is 5.06. The van der Waals surface area contributed by atoms with Crippen molar-refractivity contribution < 1.29 is 4.79 Å². The summed E-state index contributed by atoms with van der Waals surface area (Å²) in [4.78, 5) is 14.4. The standard InChI is InChI=1S/C16H20N2O/c1-12-8-9-15(13(11-12)5-4-10-17)16(19)18(2)14-6-3-7-14/h8-9,11,14H,3,6-7,10,17H2,1-2H3. The maximum atomic E-state index is 12.5. The van der Waals surface area contributed by atoms with Crippen molar-refractivity contribution in [1.29, 1.82) is 0 Å². The van der Waals surface area contributed by atoms with Crippen LogP contribution in [0.25, 0.3) is 0 Å². The summed E-state index contributed by atoms with van der Waals surface area (Å²) in [5.74, 6) is 5.89. The van der Waals surface area contributed by atoms with Crippen LogP contribution in [0.15, 0.2) is 18.2 Å². The lowest BCUT2D eigenvalue weighted by molar-refractivity contribution is 0.0652. The van der Waals surface area contributed by atoms with Crippen molar-refractivity contribution in [3.05, 3.63) is 34.9 Å². The van der Waals surface area contributed by atoms with E-state index < -0.39 is 0 Å². The first-order chi connectivity index (χ1) is 9.13. The highest BCUT2D eigenvalue weighted by molar-refractivity contribution is 5.97. The number of hydrogen-bond acceptors (Lipinski definition) is 2. The molecule has 1 aromatic rings. The van der Waals surface area contributed by atoms with Gasteiger partial charge in [0.25, 0.3) is 5.91 Å². The third-order valence-electron chi connectivity index (χ3n) is 3.67. The van der Waals surface area contributed by atoms with Crippen LogP contribution in [-0.2, 0) is 0 Å². The molecule has 1 aliphatic rings. The maximum absolute atomic E-state index is 12.5. The topological polar surface area (TPSA) is 46.3 Å². The Morgan fingerprint density at radius 3 is 2.79 bits per heavy atom. The van der Waals surface area contributed by atoms with Crippen molar-refractivity contribution >= 4 is 5.91 Å². The average molecular weight is 256 g/mol. The highest BCUT2D eigenvalue weighted by Crippen LogP contribution is 2.25. The molecule has 0 radical (unpaired) electrons. The van der Waals surface area contributed by atoms with Crippen LogP contribution in [0.4, 0.5) is 0 Å². The predicted octanol–water partition coefficient (Wildman–Crippen LogP) is 1.93. The van der Waals surface area contributed by atoms with E-state index in [4.69, 9.17) is 5.73 Å². The molecule has 1 aromatic carbocycles. The van der Waals surface area contributed by atoms with Gasteiger partial charge in [-0.1, -0.05) is 17.9 Å². The van der Waals surface area contributed by atoms with Crippen molar-refractivity contribution in [3.63, 3.8) is 0 Å². The molecule has 0 spiro atoms.